The van der Waals surface area contributed by atoms with Gasteiger partial charge in [0.05, 0.1) is 16.7 Å². The number of hydrogen-bond acceptors (Lipinski definition) is 3. The second kappa shape index (κ2) is 5.82. The first-order chi connectivity index (χ1) is 9.63. The highest BCUT2D eigenvalue weighted by Crippen LogP contribution is 2.48. The van der Waals surface area contributed by atoms with Gasteiger partial charge >= 0.3 is 0 Å². The third-order valence-electron chi connectivity index (χ3n) is 6.03. The summed E-state index contributed by atoms with van der Waals surface area (Å²) in [6.45, 7) is 16.7. The Labute approximate surface area is 131 Å². The summed E-state index contributed by atoms with van der Waals surface area (Å²) in [6.07, 6.45) is 4.99. The van der Waals surface area contributed by atoms with Crippen molar-refractivity contribution in [1.82, 2.24) is 4.90 Å². The molecule has 0 amide bonds. The maximum Gasteiger partial charge on any atom is 0.0830 e. The van der Waals surface area contributed by atoms with Crippen molar-refractivity contribution in [2.75, 3.05) is 19.6 Å². The second-order valence-electron chi connectivity index (χ2n) is 8.71. The lowest BCUT2D eigenvalue weighted by Crippen LogP contribution is -2.63. The summed E-state index contributed by atoms with van der Waals surface area (Å²) < 4.78 is 6.39. The number of hydrogen-bond donors (Lipinski definition) is 1. The highest BCUT2D eigenvalue weighted by atomic mass is 16.5. The Kier molecular flexibility index (Phi) is 4.78. The largest absolute Gasteiger partial charge is 0.368 e. The third-order valence-corrected chi connectivity index (χ3v) is 6.03. The normalized spacial score (nSPS) is 36.9. The fourth-order valence-electron chi connectivity index (χ4n) is 4.90. The van der Waals surface area contributed by atoms with Gasteiger partial charge in [0.25, 0.3) is 0 Å². The maximum absolute atomic E-state index is 6.39. The van der Waals surface area contributed by atoms with Crippen LogP contribution in [0.3, 0.4) is 0 Å². The van der Waals surface area contributed by atoms with Crippen LogP contribution in [0.2, 0.25) is 0 Å². The zero-order valence-electron chi connectivity index (χ0n) is 15.0. The molecule has 2 saturated heterocycles. The van der Waals surface area contributed by atoms with Crippen molar-refractivity contribution in [2.24, 2.45) is 17.6 Å². The van der Waals surface area contributed by atoms with Gasteiger partial charge in [-0.05, 0) is 78.3 Å². The van der Waals surface area contributed by atoms with Crippen molar-refractivity contribution >= 4 is 0 Å². The van der Waals surface area contributed by atoms with E-state index >= 15 is 0 Å². The van der Waals surface area contributed by atoms with Gasteiger partial charge in [-0.2, -0.15) is 0 Å². The summed E-state index contributed by atoms with van der Waals surface area (Å²) >= 11 is 0. The van der Waals surface area contributed by atoms with E-state index in [9.17, 15) is 0 Å². The van der Waals surface area contributed by atoms with Gasteiger partial charge in [-0.3, -0.25) is 4.90 Å². The number of likely N-dealkylation sites (tertiary alicyclic amines) is 1. The summed E-state index contributed by atoms with van der Waals surface area (Å²) in [5.74, 6) is 1.66. The molecule has 2 aliphatic heterocycles. The molecule has 0 bridgehead atoms. The maximum atomic E-state index is 6.39. The van der Waals surface area contributed by atoms with Gasteiger partial charge < -0.3 is 10.5 Å². The Hall–Kier alpha value is -0.120. The Balaban J connectivity index is 2.21. The van der Waals surface area contributed by atoms with Crippen molar-refractivity contribution in [3.8, 4) is 0 Å². The van der Waals surface area contributed by atoms with E-state index in [4.69, 9.17) is 10.5 Å². The van der Waals surface area contributed by atoms with Crippen molar-refractivity contribution in [3.05, 3.63) is 0 Å². The molecule has 0 spiro atoms. The minimum Gasteiger partial charge on any atom is -0.368 e. The summed E-state index contributed by atoms with van der Waals surface area (Å²) in [4.78, 5) is 2.67. The molecule has 0 aromatic rings. The van der Waals surface area contributed by atoms with E-state index in [-0.39, 0.29) is 16.7 Å². The molecule has 2 heterocycles. The van der Waals surface area contributed by atoms with Gasteiger partial charge in [0, 0.05) is 6.54 Å². The van der Waals surface area contributed by atoms with Gasteiger partial charge in [-0.25, -0.2) is 0 Å². The van der Waals surface area contributed by atoms with Crippen LogP contribution < -0.4 is 5.73 Å². The first-order valence-corrected chi connectivity index (χ1v) is 8.79. The highest BCUT2D eigenvalue weighted by Gasteiger charge is 2.59. The molecular formula is C18H36N2O. The molecule has 0 aliphatic carbocycles. The molecule has 2 aliphatic rings. The topological polar surface area (TPSA) is 38.5 Å². The molecular weight excluding hydrogens is 260 g/mol. The molecule has 0 radical (unpaired) electrons. The molecule has 21 heavy (non-hydrogen) atoms. The standard InChI is InChI=1S/C18H36N2O/c1-14(2)15-8-7-10-20(11-9-15)18(13-19)12-16(3,4)21-17(18,5)6/h14-15H,7-13,19H2,1-6H3. The Morgan fingerprint density at radius 1 is 1.14 bits per heavy atom. The quantitative estimate of drug-likeness (QED) is 0.867. The van der Waals surface area contributed by atoms with Crippen LogP contribution in [-0.2, 0) is 4.74 Å². The SMILES string of the molecule is CC(C)C1CCCN(C2(CN)CC(C)(C)OC2(C)C)CC1. The molecule has 3 nitrogen and oxygen atoms in total. The van der Waals surface area contributed by atoms with E-state index in [0.717, 1.165) is 18.3 Å². The third kappa shape index (κ3) is 3.16. The number of nitrogens with two attached hydrogens (primary N) is 1. The van der Waals surface area contributed by atoms with E-state index in [1.165, 1.54) is 32.4 Å². The van der Waals surface area contributed by atoms with Crippen LogP contribution in [0, 0.1) is 11.8 Å². The number of ether oxygens (including phenoxy) is 1. The minimum absolute atomic E-state index is 0.0115. The van der Waals surface area contributed by atoms with Gasteiger partial charge in [0.2, 0.25) is 0 Å². The molecule has 3 heteroatoms. The van der Waals surface area contributed by atoms with Crippen LogP contribution in [0.4, 0.5) is 0 Å². The molecule has 2 fully saturated rings. The van der Waals surface area contributed by atoms with Crippen molar-refractivity contribution in [1.29, 1.82) is 0 Å². The van der Waals surface area contributed by atoms with E-state index < -0.39 is 0 Å². The predicted molar refractivity (Wildman–Crippen MR) is 89.4 cm³/mol. The lowest BCUT2D eigenvalue weighted by Gasteiger charge is -2.47. The summed E-state index contributed by atoms with van der Waals surface area (Å²) in [6, 6.07) is 0. The Morgan fingerprint density at radius 3 is 2.29 bits per heavy atom. The fourth-order valence-corrected chi connectivity index (χ4v) is 4.90. The van der Waals surface area contributed by atoms with E-state index in [1.807, 2.05) is 0 Å². The van der Waals surface area contributed by atoms with Crippen molar-refractivity contribution < 1.29 is 4.74 Å². The highest BCUT2D eigenvalue weighted by molar-refractivity contribution is 5.13. The van der Waals surface area contributed by atoms with Crippen LogP contribution in [0.5, 0.6) is 0 Å². The van der Waals surface area contributed by atoms with Crippen LogP contribution in [0.25, 0.3) is 0 Å². The average molecular weight is 296 g/mol. The Morgan fingerprint density at radius 2 is 1.81 bits per heavy atom. The molecule has 0 saturated carbocycles. The molecule has 2 atom stereocenters. The molecule has 2 rings (SSSR count). The summed E-state index contributed by atoms with van der Waals surface area (Å²) in [5, 5.41) is 0. The number of nitrogens with zero attached hydrogens (tertiary/aromatic N) is 1. The van der Waals surface area contributed by atoms with Gasteiger partial charge in [0.15, 0.2) is 0 Å². The molecule has 2 N–H and O–H groups in total. The van der Waals surface area contributed by atoms with Crippen LogP contribution in [-0.4, -0.2) is 41.3 Å². The summed E-state index contributed by atoms with van der Waals surface area (Å²) in [7, 11) is 0. The van der Waals surface area contributed by atoms with E-state index in [1.54, 1.807) is 0 Å². The molecule has 2 unspecified atom stereocenters. The average Bonchev–Trinajstić information content (AvgIpc) is 2.54. The van der Waals surface area contributed by atoms with Crippen molar-refractivity contribution in [3.63, 3.8) is 0 Å². The monoisotopic (exact) mass is 296 g/mol. The lowest BCUT2D eigenvalue weighted by atomic mass is 9.77. The predicted octanol–water partition coefficient (Wildman–Crippen LogP) is 3.42. The van der Waals surface area contributed by atoms with Crippen molar-refractivity contribution in [2.45, 2.75) is 84.0 Å². The molecule has 124 valence electrons. The van der Waals surface area contributed by atoms with Crippen LogP contribution >= 0.6 is 0 Å². The first kappa shape index (κ1) is 17.2. The van der Waals surface area contributed by atoms with E-state index in [0.29, 0.717) is 6.54 Å². The molecule has 0 aromatic carbocycles. The fraction of sp³-hybridized carbons (Fsp3) is 1.00. The van der Waals surface area contributed by atoms with Crippen LogP contribution in [0.15, 0.2) is 0 Å². The van der Waals surface area contributed by atoms with Crippen LogP contribution in [0.1, 0.15) is 67.2 Å². The second-order valence-corrected chi connectivity index (χ2v) is 8.71. The van der Waals surface area contributed by atoms with Gasteiger partial charge in [0.1, 0.15) is 0 Å². The number of rotatable bonds is 3. The van der Waals surface area contributed by atoms with Gasteiger partial charge in [-0.15, -0.1) is 0 Å². The smallest absolute Gasteiger partial charge is 0.0830 e. The minimum atomic E-state index is -0.178. The molecule has 0 aromatic heterocycles. The zero-order chi connectivity index (χ0) is 15.9. The van der Waals surface area contributed by atoms with E-state index in [2.05, 4.69) is 46.4 Å². The zero-order valence-corrected chi connectivity index (χ0v) is 15.0. The van der Waals surface area contributed by atoms with Gasteiger partial charge in [-0.1, -0.05) is 13.8 Å². The lowest BCUT2D eigenvalue weighted by molar-refractivity contribution is -0.104. The summed E-state index contributed by atoms with van der Waals surface area (Å²) in [5.41, 5.74) is 6.05. The Bertz CT molecular complexity index is 364. The first-order valence-electron chi connectivity index (χ1n) is 8.79.